The average Bonchev–Trinajstić information content (AvgIpc) is 2.29. The summed E-state index contributed by atoms with van der Waals surface area (Å²) in [6, 6.07) is -0.393. The molecule has 1 amide bonds. The van der Waals surface area contributed by atoms with Crippen molar-refractivity contribution in [2.45, 2.75) is 13.0 Å². The summed E-state index contributed by atoms with van der Waals surface area (Å²) in [5.74, 6) is 0.0375. The van der Waals surface area contributed by atoms with Gasteiger partial charge in [0.25, 0.3) is 0 Å². The van der Waals surface area contributed by atoms with Gasteiger partial charge in [-0.2, -0.15) is 0 Å². The lowest BCUT2D eigenvalue weighted by Crippen LogP contribution is -2.46. The highest BCUT2D eigenvalue weighted by Gasteiger charge is 2.16. The Balaban J connectivity index is 2.43. The second-order valence-electron chi connectivity index (χ2n) is 3.61. The highest BCUT2D eigenvalue weighted by atomic mass is 16.2. The van der Waals surface area contributed by atoms with Gasteiger partial charge in [0.05, 0.1) is 6.04 Å². The normalized spacial score (nSPS) is 22.0. The van der Waals surface area contributed by atoms with E-state index in [0.29, 0.717) is 0 Å². The lowest BCUT2D eigenvalue weighted by atomic mass is 10.3. The summed E-state index contributed by atoms with van der Waals surface area (Å²) in [4.78, 5) is 13.4. The van der Waals surface area contributed by atoms with E-state index in [2.05, 4.69) is 10.6 Å². The minimum absolute atomic E-state index is 0.0375. The van der Waals surface area contributed by atoms with Crippen LogP contribution in [0.4, 0.5) is 0 Å². The van der Waals surface area contributed by atoms with Crippen molar-refractivity contribution in [1.82, 2.24) is 15.5 Å². The molecule has 0 saturated carbocycles. The maximum absolute atomic E-state index is 11.6. The molecule has 4 N–H and O–H groups in total. The third-order valence-electron chi connectivity index (χ3n) is 2.30. The Labute approximate surface area is 85.0 Å². The lowest BCUT2D eigenvalue weighted by molar-refractivity contribution is -0.132. The predicted molar refractivity (Wildman–Crippen MR) is 56.0 cm³/mol. The van der Waals surface area contributed by atoms with Gasteiger partial charge in [0.15, 0.2) is 0 Å². The highest BCUT2D eigenvalue weighted by molar-refractivity contribution is 5.81. The summed E-state index contributed by atoms with van der Waals surface area (Å²) in [5.41, 5.74) is 5.56. The molecule has 1 heterocycles. The molecular weight excluding hydrogens is 180 g/mol. The third kappa shape index (κ3) is 3.61. The van der Waals surface area contributed by atoms with E-state index in [1.54, 1.807) is 6.92 Å². The zero-order valence-electron chi connectivity index (χ0n) is 8.75. The van der Waals surface area contributed by atoms with Crippen molar-refractivity contribution >= 4 is 5.91 Å². The molecule has 14 heavy (non-hydrogen) atoms. The number of amides is 1. The van der Waals surface area contributed by atoms with E-state index in [4.69, 9.17) is 5.73 Å². The van der Waals surface area contributed by atoms with Crippen LogP contribution >= 0.6 is 0 Å². The highest BCUT2D eigenvalue weighted by Crippen LogP contribution is 1.93. The van der Waals surface area contributed by atoms with Crippen LogP contribution in [0.15, 0.2) is 0 Å². The van der Waals surface area contributed by atoms with Crippen LogP contribution in [0.2, 0.25) is 0 Å². The molecule has 1 atom stereocenters. The van der Waals surface area contributed by atoms with Crippen LogP contribution in [-0.4, -0.2) is 56.1 Å². The predicted octanol–water partition coefficient (Wildman–Crippen LogP) is -1.64. The Morgan fingerprint density at radius 2 is 1.71 bits per heavy atom. The SMILES string of the molecule is CC(N)C(=O)N1CCNCCNCC1. The summed E-state index contributed by atoms with van der Waals surface area (Å²) >= 11 is 0. The number of hydrogen-bond donors (Lipinski definition) is 3. The first-order valence-electron chi connectivity index (χ1n) is 5.17. The molecule has 82 valence electrons. The van der Waals surface area contributed by atoms with Gasteiger partial charge in [-0.3, -0.25) is 4.79 Å². The summed E-state index contributed by atoms with van der Waals surface area (Å²) in [6.45, 7) is 6.85. The van der Waals surface area contributed by atoms with Crippen molar-refractivity contribution in [2.24, 2.45) is 5.73 Å². The number of carbonyl (C=O) groups excluding carboxylic acids is 1. The Morgan fingerprint density at radius 1 is 1.21 bits per heavy atom. The van der Waals surface area contributed by atoms with E-state index in [-0.39, 0.29) is 5.91 Å². The second kappa shape index (κ2) is 5.95. The molecular formula is C9H20N4O. The molecule has 1 fully saturated rings. The molecule has 0 radical (unpaired) electrons. The van der Waals surface area contributed by atoms with E-state index in [1.165, 1.54) is 0 Å². The fourth-order valence-corrected chi connectivity index (χ4v) is 1.47. The van der Waals surface area contributed by atoms with Gasteiger partial charge in [-0.25, -0.2) is 0 Å². The van der Waals surface area contributed by atoms with E-state index in [0.717, 1.165) is 39.3 Å². The maximum atomic E-state index is 11.6. The van der Waals surface area contributed by atoms with Gasteiger partial charge in [0, 0.05) is 39.3 Å². The van der Waals surface area contributed by atoms with E-state index in [9.17, 15) is 4.79 Å². The molecule has 0 bridgehead atoms. The van der Waals surface area contributed by atoms with Crippen LogP contribution < -0.4 is 16.4 Å². The molecule has 0 aromatic carbocycles. The van der Waals surface area contributed by atoms with Crippen molar-refractivity contribution in [3.8, 4) is 0 Å². The zero-order chi connectivity index (χ0) is 10.4. The zero-order valence-corrected chi connectivity index (χ0v) is 8.75. The Morgan fingerprint density at radius 3 is 2.14 bits per heavy atom. The molecule has 0 aliphatic carbocycles. The Hall–Kier alpha value is -0.650. The second-order valence-corrected chi connectivity index (χ2v) is 3.61. The summed E-state index contributed by atoms with van der Waals surface area (Å²) < 4.78 is 0. The molecule has 1 aliphatic rings. The van der Waals surface area contributed by atoms with Gasteiger partial charge in [-0.05, 0) is 6.92 Å². The van der Waals surface area contributed by atoms with Gasteiger partial charge in [-0.1, -0.05) is 0 Å². The monoisotopic (exact) mass is 200 g/mol. The van der Waals surface area contributed by atoms with Crippen LogP contribution in [0, 0.1) is 0 Å². The fourth-order valence-electron chi connectivity index (χ4n) is 1.47. The number of rotatable bonds is 1. The topological polar surface area (TPSA) is 70.4 Å². The molecule has 5 heteroatoms. The lowest BCUT2D eigenvalue weighted by Gasteiger charge is -2.23. The minimum atomic E-state index is -0.393. The molecule has 1 saturated heterocycles. The number of nitrogens with one attached hydrogen (secondary N) is 2. The first kappa shape index (κ1) is 11.4. The van der Waals surface area contributed by atoms with Crippen molar-refractivity contribution < 1.29 is 4.79 Å². The van der Waals surface area contributed by atoms with Crippen LogP contribution in [0.25, 0.3) is 0 Å². The summed E-state index contributed by atoms with van der Waals surface area (Å²) in [6.07, 6.45) is 0. The number of hydrogen-bond acceptors (Lipinski definition) is 4. The molecule has 1 aliphatic heterocycles. The molecule has 0 aromatic heterocycles. The van der Waals surface area contributed by atoms with Crippen molar-refractivity contribution in [2.75, 3.05) is 39.3 Å². The standard InChI is InChI=1S/C9H20N4O/c1-8(10)9(14)13-6-4-11-2-3-12-5-7-13/h8,11-12H,2-7,10H2,1H3. The molecule has 1 rings (SSSR count). The number of nitrogens with zero attached hydrogens (tertiary/aromatic N) is 1. The van der Waals surface area contributed by atoms with Crippen LogP contribution in [0.1, 0.15) is 6.92 Å². The Bertz CT molecular complexity index is 174. The quantitative estimate of drug-likeness (QED) is 0.474. The van der Waals surface area contributed by atoms with Crippen molar-refractivity contribution in [1.29, 1.82) is 0 Å². The molecule has 0 aromatic rings. The van der Waals surface area contributed by atoms with Gasteiger partial charge in [0.1, 0.15) is 0 Å². The fraction of sp³-hybridized carbons (Fsp3) is 0.889. The largest absolute Gasteiger partial charge is 0.339 e. The van der Waals surface area contributed by atoms with E-state index < -0.39 is 6.04 Å². The van der Waals surface area contributed by atoms with Crippen LogP contribution in [-0.2, 0) is 4.79 Å². The average molecular weight is 200 g/mol. The molecule has 1 unspecified atom stereocenters. The van der Waals surface area contributed by atoms with E-state index in [1.807, 2.05) is 4.90 Å². The van der Waals surface area contributed by atoms with Gasteiger partial charge in [0.2, 0.25) is 5.91 Å². The van der Waals surface area contributed by atoms with Gasteiger partial charge < -0.3 is 21.3 Å². The van der Waals surface area contributed by atoms with Crippen LogP contribution in [0.3, 0.4) is 0 Å². The molecule has 5 nitrogen and oxygen atoms in total. The molecule has 0 spiro atoms. The summed E-state index contributed by atoms with van der Waals surface area (Å²) in [5, 5.41) is 6.51. The summed E-state index contributed by atoms with van der Waals surface area (Å²) in [7, 11) is 0. The Kier molecular flexibility index (Phi) is 4.86. The first-order valence-corrected chi connectivity index (χ1v) is 5.17. The first-order chi connectivity index (χ1) is 6.72. The maximum Gasteiger partial charge on any atom is 0.239 e. The minimum Gasteiger partial charge on any atom is -0.339 e. The van der Waals surface area contributed by atoms with Gasteiger partial charge >= 0.3 is 0 Å². The van der Waals surface area contributed by atoms with Crippen LogP contribution in [0.5, 0.6) is 0 Å². The number of carbonyl (C=O) groups is 1. The van der Waals surface area contributed by atoms with E-state index >= 15 is 0 Å². The number of nitrogens with two attached hydrogens (primary N) is 1. The van der Waals surface area contributed by atoms with Crippen molar-refractivity contribution in [3.05, 3.63) is 0 Å². The smallest absolute Gasteiger partial charge is 0.239 e. The van der Waals surface area contributed by atoms with Gasteiger partial charge in [-0.15, -0.1) is 0 Å². The third-order valence-corrected chi connectivity index (χ3v) is 2.30. The van der Waals surface area contributed by atoms with Crippen molar-refractivity contribution in [3.63, 3.8) is 0 Å².